The first-order valence-corrected chi connectivity index (χ1v) is 2.74. The van der Waals surface area contributed by atoms with Crippen molar-refractivity contribution in [3.8, 4) is 0 Å². The van der Waals surface area contributed by atoms with Crippen LogP contribution in [0.5, 0.6) is 0 Å². The topological polar surface area (TPSA) is 52.0 Å². The van der Waals surface area contributed by atoms with Gasteiger partial charge in [0.1, 0.15) is 6.26 Å². The molecule has 0 bridgehead atoms. The summed E-state index contributed by atoms with van der Waals surface area (Å²) in [5.74, 6) is 0.459. The van der Waals surface area contributed by atoms with Gasteiger partial charge in [0.2, 0.25) is 0 Å². The molecule has 0 saturated heterocycles. The van der Waals surface area contributed by atoms with Gasteiger partial charge in [0.05, 0.1) is 3.57 Å². The van der Waals surface area contributed by atoms with Crippen LogP contribution in [0.2, 0.25) is 0 Å². The van der Waals surface area contributed by atoms with Crippen LogP contribution < -0.4 is 5.73 Å². The van der Waals surface area contributed by atoms with Crippen molar-refractivity contribution in [1.29, 1.82) is 0 Å². The molecule has 1 heterocycles. The molecule has 0 atom stereocenters. The Bertz CT molecular complexity index is 145. The zero-order valence-corrected chi connectivity index (χ0v) is 5.55. The molecule has 1 rings (SSSR count). The van der Waals surface area contributed by atoms with Crippen molar-refractivity contribution >= 4 is 28.4 Å². The molecule has 0 aliphatic carbocycles. The third-order valence-electron chi connectivity index (χ3n) is 0.552. The number of aromatic nitrogens is 1. The van der Waals surface area contributed by atoms with E-state index in [4.69, 9.17) is 5.73 Å². The van der Waals surface area contributed by atoms with E-state index in [9.17, 15) is 0 Å². The van der Waals surface area contributed by atoms with Gasteiger partial charge in [0, 0.05) is 0 Å². The Morgan fingerprint density at radius 2 is 2.57 bits per heavy atom. The second-order valence-corrected chi connectivity index (χ2v) is 2.21. The van der Waals surface area contributed by atoms with Crippen molar-refractivity contribution in [3.05, 3.63) is 9.83 Å². The van der Waals surface area contributed by atoms with Crippen LogP contribution in [0.1, 0.15) is 0 Å². The van der Waals surface area contributed by atoms with E-state index in [0.29, 0.717) is 5.82 Å². The fourth-order valence-electron chi connectivity index (χ4n) is 0.233. The van der Waals surface area contributed by atoms with E-state index in [0.717, 1.165) is 3.57 Å². The zero-order valence-electron chi connectivity index (χ0n) is 3.39. The first-order valence-electron chi connectivity index (χ1n) is 1.66. The van der Waals surface area contributed by atoms with Crippen molar-refractivity contribution in [3.63, 3.8) is 0 Å². The highest BCUT2D eigenvalue weighted by atomic mass is 127. The van der Waals surface area contributed by atoms with Gasteiger partial charge in [-0.25, -0.2) is 0 Å². The predicted molar refractivity (Wildman–Crippen MR) is 33.6 cm³/mol. The Morgan fingerprint density at radius 3 is 2.71 bits per heavy atom. The summed E-state index contributed by atoms with van der Waals surface area (Å²) in [5.41, 5.74) is 5.23. The molecular weight excluding hydrogens is 207 g/mol. The van der Waals surface area contributed by atoms with Gasteiger partial charge < -0.3 is 10.3 Å². The number of nitrogen functional groups attached to an aromatic ring is 1. The molecule has 2 N–H and O–H groups in total. The Hall–Kier alpha value is -0.260. The lowest BCUT2D eigenvalue weighted by Crippen LogP contribution is -1.84. The van der Waals surface area contributed by atoms with Crippen molar-refractivity contribution < 1.29 is 4.52 Å². The summed E-state index contributed by atoms with van der Waals surface area (Å²) in [4.78, 5) is 0. The van der Waals surface area contributed by atoms with Gasteiger partial charge in [-0.15, -0.1) is 0 Å². The molecule has 0 unspecified atom stereocenters. The molecule has 1 aromatic heterocycles. The molecule has 0 fully saturated rings. The normalized spacial score (nSPS) is 9.29. The first-order chi connectivity index (χ1) is 3.30. The third-order valence-corrected chi connectivity index (χ3v) is 1.36. The molecule has 7 heavy (non-hydrogen) atoms. The SMILES string of the molecule is Nc1nocc1I. The molecule has 0 radical (unpaired) electrons. The Labute approximate surface area is 54.0 Å². The van der Waals surface area contributed by atoms with Crippen LogP contribution in [0.15, 0.2) is 10.8 Å². The number of hydrogen-bond donors (Lipinski definition) is 1. The number of nitrogens with two attached hydrogens (primary N) is 1. The fourth-order valence-corrected chi connectivity index (χ4v) is 0.446. The lowest BCUT2D eigenvalue weighted by atomic mass is 10.7. The highest BCUT2D eigenvalue weighted by Crippen LogP contribution is 2.09. The molecular formula is C3H3IN2O. The van der Waals surface area contributed by atoms with Crippen LogP contribution in [0, 0.1) is 3.57 Å². The number of anilines is 1. The minimum Gasteiger partial charge on any atom is -0.380 e. The Balaban J connectivity index is 3.12. The van der Waals surface area contributed by atoms with Crippen molar-refractivity contribution in [2.45, 2.75) is 0 Å². The van der Waals surface area contributed by atoms with Gasteiger partial charge in [0.25, 0.3) is 0 Å². The smallest absolute Gasteiger partial charge is 0.180 e. The maximum absolute atomic E-state index is 5.23. The standard InChI is InChI=1S/C3H3IN2O/c4-2-1-7-6-3(2)5/h1H,(H2,5,6). The predicted octanol–water partition coefficient (Wildman–Crippen LogP) is 0.861. The summed E-state index contributed by atoms with van der Waals surface area (Å²) < 4.78 is 5.32. The molecule has 1 aromatic rings. The molecule has 0 spiro atoms. The molecule has 38 valence electrons. The molecule has 0 saturated carbocycles. The van der Waals surface area contributed by atoms with E-state index < -0.39 is 0 Å². The summed E-state index contributed by atoms with van der Waals surface area (Å²) in [6.07, 6.45) is 1.50. The van der Waals surface area contributed by atoms with E-state index >= 15 is 0 Å². The highest BCUT2D eigenvalue weighted by Gasteiger charge is 1.94. The second kappa shape index (κ2) is 1.69. The summed E-state index contributed by atoms with van der Waals surface area (Å²) >= 11 is 2.04. The van der Waals surface area contributed by atoms with Crippen molar-refractivity contribution in [2.24, 2.45) is 0 Å². The molecule has 0 aliphatic heterocycles. The minimum atomic E-state index is 0.459. The average molecular weight is 210 g/mol. The molecule has 4 heteroatoms. The van der Waals surface area contributed by atoms with Gasteiger partial charge >= 0.3 is 0 Å². The van der Waals surface area contributed by atoms with Crippen LogP contribution in [-0.4, -0.2) is 5.16 Å². The van der Waals surface area contributed by atoms with Crippen molar-refractivity contribution in [1.82, 2.24) is 5.16 Å². The molecule has 0 aromatic carbocycles. The van der Waals surface area contributed by atoms with Crippen LogP contribution in [0.4, 0.5) is 5.82 Å². The van der Waals surface area contributed by atoms with Crippen LogP contribution >= 0.6 is 22.6 Å². The Kier molecular flexibility index (Phi) is 1.18. The van der Waals surface area contributed by atoms with E-state index in [1.165, 1.54) is 6.26 Å². The van der Waals surface area contributed by atoms with Crippen LogP contribution in [-0.2, 0) is 0 Å². The molecule has 0 amide bonds. The third kappa shape index (κ3) is 0.846. The summed E-state index contributed by atoms with van der Waals surface area (Å²) in [5, 5.41) is 3.41. The van der Waals surface area contributed by atoms with Crippen molar-refractivity contribution in [2.75, 3.05) is 5.73 Å². The number of hydrogen-bond acceptors (Lipinski definition) is 3. The largest absolute Gasteiger partial charge is 0.380 e. The fraction of sp³-hybridized carbons (Fsp3) is 0. The second-order valence-electron chi connectivity index (χ2n) is 1.05. The number of nitrogens with zero attached hydrogens (tertiary/aromatic N) is 1. The highest BCUT2D eigenvalue weighted by molar-refractivity contribution is 14.1. The number of rotatable bonds is 0. The average Bonchev–Trinajstić information content (AvgIpc) is 1.91. The van der Waals surface area contributed by atoms with Gasteiger partial charge in [-0.2, -0.15) is 0 Å². The lowest BCUT2D eigenvalue weighted by Gasteiger charge is -1.73. The van der Waals surface area contributed by atoms with Crippen LogP contribution in [0.3, 0.4) is 0 Å². The zero-order chi connectivity index (χ0) is 5.28. The molecule has 0 aliphatic rings. The summed E-state index contributed by atoms with van der Waals surface area (Å²) in [7, 11) is 0. The maximum Gasteiger partial charge on any atom is 0.180 e. The van der Waals surface area contributed by atoms with Gasteiger partial charge in [-0.1, -0.05) is 5.16 Å². The Morgan fingerprint density at radius 1 is 1.86 bits per heavy atom. The lowest BCUT2D eigenvalue weighted by molar-refractivity contribution is 0.422. The minimum absolute atomic E-state index is 0.459. The monoisotopic (exact) mass is 210 g/mol. The van der Waals surface area contributed by atoms with E-state index in [1.54, 1.807) is 0 Å². The maximum atomic E-state index is 5.23. The van der Waals surface area contributed by atoms with E-state index in [1.807, 2.05) is 22.6 Å². The summed E-state index contributed by atoms with van der Waals surface area (Å²) in [6.45, 7) is 0. The van der Waals surface area contributed by atoms with E-state index in [-0.39, 0.29) is 0 Å². The van der Waals surface area contributed by atoms with Crippen LogP contribution in [0.25, 0.3) is 0 Å². The quantitative estimate of drug-likeness (QED) is 0.646. The summed E-state index contributed by atoms with van der Waals surface area (Å²) in [6, 6.07) is 0. The van der Waals surface area contributed by atoms with Gasteiger partial charge in [0.15, 0.2) is 5.82 Å². The number of halogens is 1. The van der Waals surface area contributed by atoms with Gasteiger partial charge in [-0.05, 0) is 22.6 Å². The van der Waals surface area contributed by atoms with Gasteiger partial charge in [-0.3, -0.25) is 0 Å². The first kappa shape index (κ1) is 4.89. The van der Waals surface area contributed by atoms with E-state index in [2.05, 4.69) is 9.68 Å². The molecule has 3 nitrogen and oxygen atoms in total.